The number of hydrogen-bond acceptors (Lipinski definition) is 3. The maximum Gasteiger partial charge on any atom is 0.266 e. The molecule has 124 valence electrons. The van der Waals surface area contributed by atoms with E-state index in [1.807, 2.05) is 54.6 Å². The lowest BCUT2D eigenvalue weighted by Gasteiger charge is -2.10. The van der Waals surface area contributed by atoms with Gasteiger partial charge in [0.25, 0.3) is 5.56 Å². The van der Waals surface area contributed by atoms with Gasteiger partial charge in [-0.05, 0) is 36.2 Å². The van der Waals surface area contributed by atoms with E-state index in [9.17, 15) is 10.1 Å². The number of nitrogens with one attached hydrogen (secondary N) is 1. The maximum absolute atomic E-state index is 12.0. The van der Waals surface area contributed by atoms with Gasteiger partial charge in [-0.15, -0.1) is 0 Å². The fraction of sp³-hybridized carbons (Fsp3) is 0.143. The third-order valence-corrected chi connectivity index (χ3v) is 3.93. The highest BCUT2D eigenvalue weighted by molar-refractivity contribution is 5.71. The summed E-state index contributed by atoms with van der Waals surface area (Å²) in [6.07, 6.45) is 0.818. The van der Waals surface area contributed by atoms with E-state index in [4.69, 9.17) is 4.74 Å². The number of rotatable bonds is 5. The van der Waals surface area contributed by atoms with Gasteiger partial charge in [0, 0.05) is 17.7 Å². The van der Waals surface area contributed by atoms with Crippen LogP contribution in [-0.2, 0) is 6.42 Å². The first-order valence-electron chi connectivity index (χ1n) is 8.08. The van der Waals surface area contributed by atoms with Gasteiger partial charge in [0.1, 0.15) is 17.4 Å². The average Bonchev–Trinajstić information content (AvgIpc) is 2.62. The second-order valence-electron chi connectivity index (χ2n) is 5.79. The second kappa shape index (κ2) is 7.50. The van der Waals surface area contributed by atoms with Crippen LogP contribution in [0.15, 0.2) is 65.5 Å². The number of nitrogens with zero attached hydrogens (tertiary/aromatic N) is 1. The predicted molar refractivity (Wildman–Crippen MR) is 97.6 cm³/mol. The molecule has 3 rings (SSSR count). The molecule has 0 aliphatic rings. The third-order valence-electron chi connectivity index (χ3n) is 3.93. The molecule has 1 aromatic heterocycles. The van der Waals surface area contributed by atoms with E-state index in [0.29, 0.717) is 12.2 Å². The molecule has 4 nitrogen and oxygen atoms in total. The van der Waals surface area contributed by atoms with Crippen LogP contribution in [0.4, 0.5) is 0 Å². The largest absolute Gasteiger partial charge is 0.493 e. The van der Waals surface area contributed by atoms with E-state index < -0.39 is 0 Å². The van der Waals surface area contributed by atoms with E-state index in [0.717, 1.165) is 23.4 Å². The molecule has 2 aromatic carbocycles. The van der Waals surface area contributed by atoms with E-state index in [1.54, 1.807) is 6.92 Å². The van der Waals surface area contributed by atoms with Crippen molar-refractivity contribution < 1.29 is 4.74 Å². The quantitative estimate of drug-likeness (QED) is 0.773. The average molecular weight is 330 g/mol. The van der Waals surface area contributed by atoms with Crippen LogP contribution in [0.2, 0.25) is 0 Å². The van der Waals surface area contributed by atoms with Crippen LogP contribution >= 0.6 is 0 Å². The molecule has 0 fully saturated rings. The second-order valence-corrected chi connectivity index (χ2v) is 5.79. The number of benzene rings is 2. The Morgan fingerprint density at radius 1 is 1.08 bits per heavy atom. The summed E-state index contributed by atoms with van der Waals surface area (Å²) in [5.74, 6) is 0.718. The first kappa shape index (κ1) is 16.5. The van der Waals surface area contributed by atoms with Crippen LogP contribution in [0.1, 0.15) is 16.8 Å². The van der Waals surface area contributed by atoms with Gasteiger partial charge in [0.05, 0.1) is 6.61 Å². The van der Waals surface area contributed by atoms with Crippen molar-refractivity contribution in [2.45, 2.75) is 13.3 Å². The van der Waals surface area contributed by atoms with E-state index in [2.05, 4.69) is 17.1 Å². The Kier molecular flexibility index (Phi) is 4.96. The number of aryl methyl sites for hydroxylation is 1. The molecule has 0 amide bonds. The van der Waals surface area contributed by atoms with Crippen molar-refractivity contribution in [2.24, 2.45) is 0 Å². The molecule has 0 atom stereocenters. The smallest absolute Gasteiger partial charge is 0.266 e. The SMILES string of the molecule is Cc1cc(-c2cccc(OCCc3ccccc3)c2)c(C#N)c(=O)[nH]1. The van der Waals surface area contributed by atoms with E-state index >= 15 is 0 Å². The molecule has 3 aromatic rings. The van der Waals surface area contributed by atoms with Crippen molar-refractivity contribution in [1.82, 2.24) is 4.98 Å². The Balaban J connectivity index is 1.81. The number of ether oxygens (including phenoxy) is 1. The van der Waals surface area contributed by atoms with Crippen LogP contribution in [0, 0.1) is 18.3 Å². The van der Waals surface area contributed by atoms with Gasteiger partial charge < -0.3 is 9.72 Å². The number of H-pyrrole nitrogens is 1. The number of aromatic nitrogens is 1. The highest BCUT2D eigenvalue weighted by Crippen LogP contribution is 2.25. The molecule has 1 N–H and O–H groups in total. The lowest BCUT2D eigenvalue weighted by molar-refractivity contribution is 0.322. The third kappa shape index (κ3) is 3.96. The molecule has 0 bridgehead atoms. The molecule has 0 saturated heterocycles. The number of pyridine rings is 1. The molecule has 4 heteroatoms. The number of aromatic amines is 1. The summed E-state index contributed by atoms with van der Waals surface area (Å²) in [6.45, 7) is 2.36. The molecule has 1 heterocycles. The Morgan fingerprint density at radius 3 is 2.64 bits per heavy atom. The minimum absolute atomic E-state index is 0.118. The van der Waals surface area contributed by atoms with Crippen molar-refractivity contribution in [3.05, 3.63) is 87.8 Å². The predicted octanol–water partition coefficient (Wildman–Crippen LogP) is 3.84. The summed E-state index contributed by atoms with van der Waals surface area (Å²) in [5, 5.41) is 9.29. The Labute approximate surface area is 146 Å². The lowest BCUT2D eigenvalue weighted by atomic mass is 10.0. The summed E-state index contributed by atoms with van der Waals surface area (Å²) < 4.78 is 5.84. The zero-order valence-electron chi connectivity index (χ0n) is 14.0. The van der Waals surface area contributed by atoms with Crippen molar-refractivity contribution >= 4 is 0 Å². The molecule has 25 heavy (non-hydrogen) atoms. The first-order valence-corrected chi connectivity index (χ1v) is 8.08. The fourth-order valence-corrected chi connectivity index (χ4v) is 2.71. The molecule has 0 saturated carbocycles. The topological polar surface area (TPSA) is 65.9 Å². The lowest BCUT2D eigenvalue weighted by Crippen LogP contribution is -2.12. The summed E-state index contributed by atoms with van der Waals surface area (Å²) in [6, 6.07) is 21.4. The minimum Gasteiger partial charge on any atom is -0.493 e. The van der Waals surface area contributed by atoms with Gasteiger partial charge in [-0.25, -0.2) is 0 Å². The van der Waals surface area contributed by atoms with Crippen LogP contribution in [0.5, 0.6) is 5.75 Å². The van der Waals surface area contributed by atoms with E-state index in [-0.39, 0.29) is 11.1 Å². The van der Waals surface area contributed by atoms with Gasteiger partial charge in [0.2, 0.25) is 0 Å². The number of nitriles is 1. The van der Waals surface area contributed by atoms with Gasteiger partial charge in [-0.3, -0.25) is 4.79 Å². The molecule has 0 radical (unpaired) electrons. The van der Waals surface area contributed by atoms with E-state index in [1.165, 1.54) is 5.56 Å². The Hall–Kier alpha value is -3.32. The van der Waals surface area contributed by atoms with Gasteiger partial charge >= 0.3 is 0 Å². The summed E-state index contributed by atoms with van der Waals surface area (Å²) in [7, 11) is 0. The zero-order valence-corrected chi connectivity index (χ0v) is 14.0. The van der Waals surface area contributed by atoms with Crippen molar-refractivity contribution in [3.63, 3.8) is 0 Å². The monoisotopic (exact) mass is 330 g/mol. The number of hydrogen-bond donors (Lipinski definition) is 1. The molecule has 0 aliphatic carbocycles. The highest BCUT2D eigenvalue weighted by Gasteiger charge is 2.11. The summed E-state index contributed by atoms with van der Waals surface area (Å²) >= 11 is 0. The molecule has 0 unspecified atom stereocenters. The maximum atomic E-state index is 12.0. The van der Waals surface area contributed by atoms with Crippen LogP contribution in [0.25, 0.3) is 11.1 Å². The fourth-order valence-electron chi connectivity index (χ4n) is 2.71. The molecular weight excluding hydrogens is 312 g/mol. The molecule has 0 aliphatic heterocycles. The van der Waals surface area contributed by atoms with Crippen LogP contribution in [-0.4, -0.2) is 11.6 Å². The highest BCUT2D eigenvalue weighted by atomic mass is 16.5. The molecular formula is C21H18N2O2. The van der Waals surface area contributed by atoms with Gasteiger partial charge in [-0.2, -0.15) is 5.26 Å². The van der Waals surface area contributed by atoms with Crippen molar-refractivity contribution in [3.8, 4) is 22.9 Å². The normalized spacial score (nSPS) is 10.2. The first-order chi connectivity index (χ1) is 12.2. The van der Waals surface area contributed by atoms with Crippen LogP contribution < -0.4 is 10.3 Å². The van der Waals surface area contributed by atoms with Crippen molar-refractivity contribution in [2.75, 3.05) is 6.61 Å². The van der Waals surface area contributed by atoms with Gasteiger partial charge in [0.15, 0.2) is 0 Å². The van der Waals surface area contributed by atoms with Crippen LogP contribution in [0.3, 0.4) is 0 Å². The Bertz CT molecular complexity index is 969. The summed E-state index contributed by atoms with van der Waals surface area (Å²) in [5.41, 5.74) is 3.10. The standard InChI is InChI=1S/C21H18N2O2/c1-15-12-19(20(14-22)21(24)23-15)17-8-5-9-18(13-17)25-11-10-16-6-3-2-4-7-16/h2-9,12-13H,10-11H2,1H3,(H,23,24). The van der Waals surface area contributed by atoms with Gasteiger partial charge in [-0.1, -0.05) is 42.5 Å². The molecule has 0 spiro atoms. The minimum atomic E-state index is -0.368. The Morgan fingerprint density at radius 2 is 1.88 bits per heavy atom. The summed E-state index contributed by atoms with van der Waals surface area (Å²) in [4.78, 5) is 14.6. The zero-order chi connectivity index (χ0) is 17.6. The van der Waals surface area contributed by atoms with Crippen molar-refractivity contribution in [1.29, 1.82) is 5.26 Å².